The molecular formula is C15H25Cl2N3O2. The molecule has 1 unspecified atom stereocenters. The Morgan fingerprint density at radius 2 is 2.14 bits per heavy atom. The Labute approximate surface area is 144 Å². The maximum atomic E-state index is 12.4. The van der Waals surface area contributed by atoms with Gasteiger partial charge in [-0.25, -0.2) is 0 Å². The van der Waals surface area contributed by atoms with Gasteiger partial charge < -0.3 is 15.0 Å². The van der Waals surface area contributed by atoms with Crippen LogP contribution in [0.3, 0.4) is 0 Å². The average Bonchev–Trinajstić information content (AvgIpc) is 2.65. The zero-order valence-corrected chi connectivity index (χ0v) is 14.9. The molecule has 0 bridgehead atoms. The summed E-state index contributed by atoms with van der Waals surface area (Å²) in [4.78, 5) is 18.6. The summed E-state index contributed by atoms with van der Waals surface area (Å²) in [7, 11) is 1.83. The van der Waals surface area contributed by atoms with Crippen LogP contribution in [0.1, 0.15) is 17.0 Å². The molecular weight excluding hydrogens is 325 g/mol. The van der Waals surface area contributed by atoms with Gasteiger partial charge in [0.2, 0.25) is 5.91 Å². The van der Waals surface area contributed by atoms with Gasteiger partial charge in [0.25, 0.3) is 0 Å². The minimum Gasteiger partial charge on any atom is -0.379 e. The van der Waals surface area contributed by atoms with E-state index in [-0.39, 0.29) is 36.6 Å². The first-order valence-corrected chi connectivity index (χ1v) is 7.04. The predicted molar refractivity (Wildman–Crippen MR) is 91.9 cm³/mol. The largest absolute Gasteiger partial charge is 0.379 e. The molecule has 5 nitrogen and oxygen atoms in total. The first-order chi connectivity index (χ1) is 9.56. The number of aryl methyl sites for hydroxylation is 2. The zero-order chi connectivity index (χ0) is 14.5. The fraction of sp³-hybridized carbons (Fsp3) is 0.600. The number of carbonyl (C=O) groups is 1. The Morgan fingerprint density at radius 1 is 1.41 bits per heavy atom. The lowest BCUT2D eigenvalue weighted by Gasteiger charge is -2.22. The van der Waals surface area contributed by atoms with Crippen LogP contribution < -0.4 is 5.32 Å². The SMILES string of the molecule is Cc1cc(C)nc(CN(C)C(=O)C2CNCCOC2)c1.Cl.Cl. The van der Waals surface area contributed by atoms with Gasteiger partial charge in [-0.1, -0.05) is 0 Å². The first kappa shape index (κ1) is 21.1. The van der Waals surface area contributed by atoms with E-state index in [2.05, 4.69) is 10.3 Å². The van der Waals surface area contributed by atoms with Gasteiger partial charge in [-0.05, 0) is 31.5 Å². The van der Waals surface area contributed by atoms with Gasteiger partial charge in [-0.3, -0.25) is 9.78 Å². The third kappa shape index (κ3) is 6.08. The molecule has 0 radical (unpaired) electrons. The molecule has 1 aliphatic heterocycles. The number of aromatic nitrogens is 1. The highest BCUT2D eigenvalue weighted by molar-refractivity contribution is 5.85. The number of rotatable bonds is 3. The fourth-order valence-electron chi connectivity index (χ4n) is 2.50. The molecule has 0 saturated carbocycles. The van der Waals surface area contributed by atoms with Crippen molar-refractivity contribution >= 4 is 30.7 Å². The summed E-state index contributed by atoms with van der Waals surface area (Å²) in [6.07, 6.45) is 0. The number of hydrogen-bond acceptors (Lipinski definition) is 4. The smallest absolute Gasteiger partial charge is 0.229 e. The molecule has 0 spiro atoms. The van der Waals surface area contributed by atoms with E-state index in [1.54, 1.807) is 4.90 Å². The van der Waals surface area contributed by atoms with E-state index in [0.29, 0.717) is 26.3 Å². The van der Waals surface area contributed by atoms with Gasteiger partial charge in [-0.15, -0.1) is 24.8 Å². The predicted octanol–water partition coefficient (Wildman–Crippen LogP) is 1.74. The number of halogens is 2. The minimum absolute atomic E-state index is 0. The van der Waals surface area contributed by atoms with Gasteiger partial charge >= 0.3 is 0 Å². The number of nitrogens with zero attached hydrogens (tertiary/aromatic N) is 2. The lowest BCUT2D eigenvalue weighted by atomic mass is 10.1. The van der Waals surface area contributed by atoms with Gasteiger partial charge in [0, 0.05) is 25.8 Å². The Bertz CT molecular complexity index is 458. The van der Waals surface area contributed by atoms with Crippen LogP contribution in [0.4, 0.5) is 0 Å². The lowest BCUT2D eigenvalue weighted by molar-refractivity contribution is -0.136. The van der Waals surface area contributed by atoms with Crippen molar-refractivity contribution in [3.8, 4) is 0 Å². The highest BCUT2D eigenvalue weighted by Gasteiger charge is 2.23. The Hall–Kier alpha value is -0.880. The highest BCUT2D eigenvalue weighted by Crippen LogP contribution is 2.10. The van der Waals surface area contributed by atoms with Crippen LogP contribution in [-0.2, 0) is 16.1 Å². The van der Waals surface area contributed by atoms with Crippen molar-refractivity contribution in [3.05, 3.63) is 29.1 Å². The number of pyridine rings is 1. The van der Waals surface area contributed by atoms with E-state index in [1.807, 2.05) is 33.0 Å². The van der Waals surface area contributed by atoms with Crippen molar-refractivity contribution in [2.45, 2.75) is 20.4 Å². The molecule has 0 aromatic carbocycles. The maximum absolute atomic E-state index is 12.4. The number of amides is 1. The number of carbonyl (C=O) groups excluding carboxylic acids is 1. The third-order valence-electron chi connectivity index (χ3n) is 3.41. The molecule has 1 atom stereocenters. The Balaban J connectivity index is 0.00000220. The second kappa shape index (κ2) is 10.0. The van der Waals surface area contributed by atoms with Crippen molar-refractivity contribution < 1.29 is 9.53 Å². The molecule has 2 heterocycles. The monoisotopic (exact) mass is 349 g/mol. The van der Waals surface area contributed by atoms with Crippen LogP contribution in [0, 0.1) is 19.8 Å². The van der Waals surface area contributed by atoms with Crippen LogP contribution in [0.5, 0.6) is 0 Å². The maximum Gasteiger partial charge on any atom is 0.229 e. The minimum atomic E-state index is -0.103. The molecule has 1 fully saturated rings. The molecule has 22 heavy (non-hydrogen) atoms. The molecule has 126 valence electrons. The van der Waals surface area contributed by atoms with Crippen molar-refractivity contribution in [2.24, 2.45) is 5.92 Å². The fourth-order valence-corrected chi connectivity index (χ4v) is 2.50. The van der Waals surface area contributed by atoms with Crippen LogP contribution in [-0.4, -0.2) is 49.1 Å². The van der Waals surface area contributed by atoms with E-state index in [0.717, 1.165) is 17.9 Å². The number of nitrogens with one attached hydrogen (secondary N) is 1. The second-order valence-corrected chi connectivity index (χ2v) is 5.45. The molecule has 1 aliphatic rings. The zero-order valence-electron chi connectivity index (χ0n) is 13.3. The van der Waals surface area contributed by atoms with E-state index in [4.69, 9.17) is 4.74 Å². The number of ether oxygens (including phenoxy) is 1. The van der Waals surface area contributed by atoms with Crippen molar-refractivity contribution in [3.63, 3.8) is 0 Å². The summed E-state index contributed by atoms with van der Waals surface area (Å²) in [5.41, 5.74) is 3.09. The summed E-state index contributed by atoms with van der Waals surface area (Å²) in [6, 6.07) is 4.06. The Morgan fingerprint density at radius 3 is 2.82 bits per heavy atom. The molecule has 1 saturated heterocycles. The van der Waals surface area contributed by atoms with Gasteiger partial charge in [0.1, 0.15) is 0 Å². The first-order valence-electron chi connectivity index (χ1n) is 7.04. The summed E-state index contributed by atoms with van der Waals surface area (Å²) in [5, 5.41) is 3.23. The summed E-state index contributed by atoms with van der Waals surface area (Å²) in [5.74, 6) is 0.00812. The summed E-state index contributed by atoms with van der Waals surface area (Å²) in [6.45, 7) is 7.22. The summed E-state index contributed by atoms with van der Waals surface area (Å²) >= 11 is 0. The Kier molecular flexibility index (Phi) is 9.60. The molecule has 1 N–H and O–H groups in total. The average molecular weight is 350 g/mol. The van der Waals surface area contributed by atoms with E-state index in [1.165, 1.54) is 5.56 Å². The van der Waals surface area contributed by atoms with Crippen molar-refractivity contribution in [1.29, 1.82) is 0 Å². The molecule has 0 aliphatic carbocycles. The van der Waals surface area contributed by atoms with Gasteiger partial charge in [0.05, 0.1) is 31.4 Å². The topological polar surface area (TPSA) is 54.5 Å². The van der Waals surface area contributed by atoms with Gasteiger partial charge in [-0.2, -0.15) is 0 Å². The normalized spacial score (nSPS) is 17.7. The van der Waals surface area contributed by atoms with Crippen LogP contribution in [0.2, 0.25) is 0 Å². The van der Waals surface area contributed by atoms with E-state index < -0.39 is 0 Å². The molecule has 7 heteroatoms. The van der Waals surface area contributed by atoms with E-state index in [9.17, 15) is 4.79 Å². The number of hydrogen-bond donors (Lipinski definition) is 1. The third-order valence-corrected chi connectivity index (χ3v) is 3.41. The quantitative estimate of drug-likeness (QED) is 0.902. The van der Waals surface area contributed by atoms with Crippen molar-refractivity contribution in [2.75, 3.05) is 33.4 Å². The highest BCUT2D eigenvalue weighted by atomic mass is 35.5. The van der Waals surface area contributed by atoms with Crippen molar-refractivity contribution in [1.82, 2.24) is 15.2 Å². The molecule has 1 aromatic heterocycles. The van der Waals surface area contributed by atoms with Crippen LogP contribution >= 0.6 is 24.8 Å². The second-order valence-electron chi connectivity index (χ2n) is 5.45. The lowest BCUT2D eigenvalue weighted by Crippen LogP contribution is -2.38. The van der Waals surface area contributed by atoms with Crippen LogP contribution in [0.15, 0.2) is 12.1 Å². The summed E-state index contributed by atoms with van der Waals surface area (Å²) < 4.78 is 5.44. The standard InChI is InChI=1S/C15H23N3O2.2ClH/c1-11-6-12(2)17-14(7-11)9-18(3)15(19)13-8-16-4-5-20-10-13;;/h6-7,13,16H,4-5,8-10H2,1-3H3;2*1H. The van der Waals surface area contributed by atoms with E-state index >= 15 is 0 Å². The molecule has 1 amide bonds. The van der Waals surface area contributed by atoms with Gasteiger partial charge in [0.15, 0.2) is 0 Å². The van der Waals surface area contributed by atoms with Crippen LogP contribution in [0.25, 0.3) is 0 Å². The molecule has 2 rings (SSSR count). The molecule has 1 aromatic rings.